The lowest BCUT2D eigenvalue weighted by Gasteiger charge is -2.05. The summed E-state index contributed by atoms with van der Waals surface area (Å²) in [5.74, 6) is -0.718. The van der Waals surface area contributed by atoms with E-state index in [1.54, 1.807) is 32.9 Å². The fourth-order valence-electron chi connectivity index (χ4n) is 2.25. The van der Waals surface area contributed by atoms with Crippen molar-refractivity contribution in [3.63, 3.8) is 0 Å². The van der Waals surface area contributed by atoms with Crippen molar-refractivity contribution < 1.29 is 14.3 Å². The Bertz CT molecular complexity index is 722. The molecule has 116 valence electrons. The molecule has 22 heavy (non-hydrogen) atoms. The molecule has 2 rings (SSSR count). The average Bonchev–Trinajstić information content (AvgIpc) is 2.74. The molecule has 1 aromatic heterocycles. The van der Waals surface area contributed by atoms with Gasteiger partial charge in [-0.3, -0.25) is 4.79 Å². The van der Waals surface area contributed by atoms with Crippen molar-refractivity contribution in [2.24, 2.45) is 0 Å². The number of anilines is 1. The highest BCUT2D eigenvalue weighted by Crippen LogP contribution is 2.21. The molecule has 0 saturated heterocycles. The van der Waals surface area contributed by atoms with Gasteiger partial charge in [0, 0.05) is 15.9 Å². The summed E-state index contributed by atoms with van der Waals surface area (Å²) in [6, 6.07) is 7.30. The first kappa shape index (κ1) is 16.3. The van der Waals surface area contributed by atoms with Crippen molar-refractivity contribution in [1.82, 2.24) is 4.98 Å². The molecular formula is C16H17BrN2O3. The summed E-state index contributed by atoms with van der Waals surface area (Å²) in [5.41, 5.74) is 2.66. The Hall–Kier alpha value is -2.08. The lowest BCUT2D eigenvalue weighted by Crippen LogP contribution is -2.14. The summed E-state index contributed by atoms with van der Waals surface area (Å²) in [6.45, 7) is 5.51. The number of H-pyrrole nitrogens is 1. The summed E-state index contributed by atoms with van der Waals surface area (Å²) < 4.78 is 5.89. The van der Waals surface area contributed by atoms with E-state index in [0.717, 1.165) is 4.47 Å². The molecule has 2 aromatic rings. The van der Waals surface area contributed by atoms with Crippen molar-refractivity contribution in [2.45, 2.75) is 20.8 Å². The highest BCUT2D eigenvalue weighted by molar-refractivity contribution is 9.10. The van der Waals surface area contributed by atoms with Crippen LogP contribution in [0.15, 0.2) is 28.7 Å². The molecule has 0 bridgehead atoms. The number of halogens is 1. The number of aromatic amines is 1. The Balaban J connectivity index is 2.27. The number of amides is 1. The third-order valence-corrected chi connectivity index (χ3v) is 3.72. The van der Waals surface area contributed by atoms with E-state index in [0.29, 0.717) is 34.8 Å². The maximum absolute atomic E-state index is 12.4. The Kier molecular flexibility index (Phi) is 5.03. The van der Waals surface area contributed by atoms with E-state index >= 15 is 0 Å². The third-order valence-electron chi connectivity index (χ3n) is 3.23. The Labute approximate surface area is 137 Å². The van der Waals surface area contributed by atoms with E-state index in [2.05, 4.69) is 26.2 Å². The first-order chi connectivity index (χ1) is 10.4. The molecule has 5 nitrogen and oxygen atoms in total. The molecule has 0 unspecified atom stereocenters. The number of benzene rings is 1. The number of aromatic nitrogens is 1. The zero-order chi connectivity index (χ0) is 16.3. The molecule has 0 atom stereocenters. The summed E-state index contributed by atoms with van der Waals surface area (Å²) in [6.07, 6.45) is 0. The lowest BCUT2D eigenvalue weighted by atomic mass is 10.1. The molecule has 0 aliphatic carbocycles. The molecule has 0 aliphatic rings. The van der Waals surface area contributed by atoms with E-state index in [9.17, 15) is 9.59 Å². The van der Waals surface area contributed by atoms with Crippen LogP contribution in [0.1, 0.15) is 39.0 Å². The van der Waals surface area contributed by atoms with Gasteiger partial charge in [-0.15, -0.1) is 0 Å². The molecule has 1 aromatic carbocycles. The van der Waals surface area contributed by atoms with E-state index in [1.165, 1.54) is 0 Å². The molecule has 0 aliphatic heterocycles. The second-order valence-electron chi connectivity index (χ2n) is 4.81. The Morgan fingerprint density at radius 1 is 1.32 bits per heavy atom. The highest BCUT2D eigenvalue weighted by Gasteiger charge is 2.22. The monoisotopic (exact) mass is 364 g/mol. The minimum atomic E-state index is -0.421. The fraction of sp³-hybridized carbons (Fsp3) is 0.250. The fourth-order valence-corrected chi connectivity index (χ4v) is 2.65. The zero-order valence-electron chi connectivity index (χ0n) is 12.6. The minimum Gasteiger partial charge on any atom is -0.462 e. The summed E-state index contributed by atoms with van der Waals surface area (Å²) in [4.78, 5) is 27.3. The second kappa shape index (κ2) is 6.79. The van der Waals surface area contributed by atoms with Crippen LogP contribution in [0.2, 0.25) is 0 Å². The van der Waals surface area contributed by atoms with Crippen LogP contribution in [0, 0.1) is 13.8 Å². The van der Waals surface area contributed by atoms with E-state index < -0.39 is 5.97 Å². The van der Waals surface area contributed by atoms with Gasteiger partial charge in [0.05, 0.1) is 12.2 Å². The van der Waals surface area contributed by atoms with Crippen LogP contribution in [0.25, 0.3) is 0 Å². The topological polar surface area (TPSA) is 71.2 Å². The van der Waals surface area contributed by atoms with Gasteiger partial charge in [-0.05, 0) is 44.5 Å². The SMILES string of the molecule is CCOC(=O)c1c(C)[nH]c(C(=O)Nc2cccc(Br)c2)c1C. The van der Waals surface area contributed by atoms with Crippen LogP contribution >= 0.6 is 15.9 Å². The van der Waals surface area contributed by atoms with E-state index in [4.69, 9.17) is 4.74 Å². The molecule has 0 saturated carbocycles. The number of carbonyl (C=O) groups excluding carboxylic acids is 2. The van der Waals surface area contributed by atoms with Crippen molar-refractivity contribution in [3.8, 4) is 0 Å². The van der Waals surface area contributed by atoms with Crippen LogP contribution in [-0.2, 0) is 4.74 Å². The van der Waals surface area contributed by atoms with Gasteiger partial charge in [0.1, 0.15) is 5.69 Å². The third kappa shape index (κ3) is 3.39. The minimum absolute atomic E-state index is 0.294. The van der Waals surface area contributed by atoms with Gasteiger partial charge < -0.3 is 15.0 Å². The quantitative estimate of drug-likeness (QED) is 0.810. The van der Waals surface area contributed by atoms with Crippen molar-refractivity contribution >= 4 is 33.5 Å². The second-order valence-corrected chi connectivity index (χ2v) is 5.73. The number of ether oxygens (including phenoxy) is 1. The van der Waals surface area contributed by atoms with Crippen molar-refractivity contribution in [3.05, 3.63) is 51.3 Å². The molecule has 1 heterocycles. The molecular weight excluding hydrogens is 348 g/mol. The van der Waals surface area contributed by atoms with E-state index in [1.807, 2.05) is 12.1 Å². The molecule has 0 fully saturated rings. The van der Waals surface area contributed by atoms with Gasteiger partial charge in [0.25, 0.3) is 5.91 Å². The maximum Gasteiger partial charge on any atom is 0.340 e. The largest absolute Gasteiger partial charge is 0.462 e. The average molecular weight is 365 g/mol. The lowest BCUT2D eigenvalue weighted by molar-refractivity contribution is 0.0525. The van der Waals surface area contributed by atoms with Crippen LogP contribution in [0.3, 0.4) is 0 Å². The number of hydrogen-bond acceptors (Lipinski definition) is 3. The standard InChI is InChI=1S/C16H17BrN2O3/c1-4-22-16(21)13-9(2)14(18-10(13)3)15(20)19-12-7-5-6-11(17)8-12/h5-8,18H,4H2,1-3H3,(H,19,20). The number of hydrogen-bond donors (Lipinski definition) is 2. The van der Waals surface area contributed by atoms with Gasteiger partial charge in [0.2, 0.25) is 0 Å². The molecule has 0 radical (unpaired) electrons. The van der Waals surface area contributed by atoms with Crippen LogP contribution < -0.4 is 5.32 Å². The first-order valence-electron chi connectivity index (χ1n) is 6.87. The zero-order valence-corrected chi connectivity index (χ0v) is 14.2. The van der Waals surface area contributed by atoms with Crippen molar-refractivity contribution in [1.29, 1.82) is 0 Å². The van der Waals surface area contributed by atoms with Crippen molar-refractivity contribution in [2.75, 3.05) is 11.9 Å². The number of esters is 1. The van der Waals surface area contributed by atoms with Crippen LogP contribution in [0.5, 0.6) is 0 Å². The number of aryl methyl sites for hydroxylation is 1. The number of carbonyl (C=O) groups is 2. The summed E-state index contributed by atoms with van der Waals surface area (Å²) in [7, 11) is 0. The van der Waals surface area contributed by atoms with Gasteiger partial charge in [-0.2, -0.15) is 0 Å². The molecule has 1 amide bonds. The molecule has 0 spiro atoms. The van der Waals surface area contributed by atoms with Crippen LogP contribution in [-0.4, -0.2) is 23.5 Å². The molecule has 6 heteroatoms. The molecule has 2 N–H and O–H groups in total. The number of rotatable bonds is 4. The predicted molar refractivity (Wildman–Crippen MR) is 88.3 cm³/mol. The van der Waals surface area contributed by atoms with Crippen LogP contribution in [0.4, 0.5) is 5.69 Å². The Morgan fingerprint density at radius 2 is 2.05 bits per heavy atom. The first-order valence-corrected chi connectivity index (χ1v) is 7.66. The van der Waals surface area contributed by atoms with Gasteiger partial charge >= 0.3 is 5.97 Å². The van der Waals surface area contributed by atoms with Gasteiger partial charge in [-0.25, -0.2) is 4.79 Å². The maximum atomic E-state index is 12.4. The van der Waals surface area contributed by atoms with Gasteiger partial charge in [-0.1, -0.05) is 22.0 Å². The number of nitrogens with one attached hydrogen (secondary N) is 2. The predicted octanol–water partition coefficient (Wildman–Crippen LogP) is 3.82. The smallest absolute Gasteiger partial charge is 0.340 e. The summed E-state index contributed by atoms with van der Waals surface area (Å²) >= 11 is 3.35. The Morgan fingerprint density at radius 3 is 2.68 bits per heavy atom. The highest BCUT2D eigenvalue weighted by atomic mass is 79.9. The summed E-state index contributed by atoms with van der Waals surface area (Å²) in [5, 5.41) is 2.80. The van der Waals surface area contributed by atoms with Gasteiger partial charge in [0.15, 0.2) is 0 Å². The van der Waals surface area contributed by atoms with E-state index in [-0.39, 0.29) is 5.91 Å². The normalized spacial score (nSPS) is 10.4.